The minimum absolute atomic E-state index is 0.311. The average Bonchev–Trinajstić information content (AvgIpc) is 1.65. The third-order valence-corrected chi connectivity index (χ3v) is 4.36. The van der Waals surface area contributed by atoms with Crippen molar-refractivity contribution in [3.8, 4) is 0 Å². The normalized spacial score (nSPS) is 15.2. The molecule has 1 nitrogen and oxygen atoms in total. The first-order valence-electron chi connectivity index (χ1n) is 1.78. The van der Waals surface area contributed by atoms with E-state index in [9.17, 15) is 0 Å². The predicted molar refractivity (Wildman–Crippen MR) is 40.3 cm³/mol. The van der Waals surface area contributed by atoms with Crippen LogP contribution in [0.4, 0.5) is 0 Å². The van der Waals surface area contributed by atoms with E-state index in [1.165, 1.54) is 5.75 Å². The summed E-state index contributed by atoms with van der Waals surface area (Å²) in [6.07, 6.45) is 0. The summed E-state index contributed by atoms with van der Waals surface area (Å²) in [6, 6.07) is 0. The summed E-state index contributed by atoms with van der Waals surface area (Å²) in [5, 5.41) is 0. The van der Waals surface area contributed by atoms with Gasteiger partial charge in [0.15, 0.2) is 0 Å². The Balaban J connectivity index is 3.22. The molecule has 0 rings (SSSR count). The molecular formula is C3H8INS. The van der Waals surface area contributed by atoms with Gasteiger partial charge in [-0.3, -0.25) is 4.36 Å². The monoisotopic (exact) mass is 217 g/mol. The maximum absolute atomic E-state index is 4.02. The van der Waals surface area contributed by atoms with E-state index < -0.39 is 0 Å². The van der Waals surface area contributed by atoms with Gasteiger partial charge in [0, 0.05) is 34.0 Å². The van der Waals surface area contributed by atoms with Crippen LogP contribution in [0.5, 0.6) is 0 Å². The Morgan fingerprint density at radius 1 is 1.83 bits per heavy atom. The minimum atomic E-state index is 0.311. The highest BCUT2D eigenvalue weighted by molar-refractivity contribution is 14.2. The van der Waals surface area contributed by atoms with Gasteiger partial charge in [-0.2, -0.15) is 0 Å². The van der Waals surface area contributed by atoms with E-state index in [1.807, 2.05) is 7.05 Å². The van der Waals surface area contributed by atoms with Crippen LogP contribution in [-0.2, 0) is 7.86 Å². The van der Waals surface area contributed by atoms with Gasteiger partial charge >= 0.3 is 0 Å². The van der Waals surface area contributed by atoms with Gasteiger partial charge in [0.05, 0.1) is 0 Å². The molecule has 0 aliphatic carbocycles. The molecule has 1 atom stereocenters. The fourth-order valence-corrected chi connectivity index (χ4v) is 0.387. The molecule has 1 unspecified atom stereocenters. The molecule has 0 aromatic heterocycles. The van der Waals surface area contributed by atoms with Gasteiger partial charge in [0.25, 0.3) is 0 Å². The lowest BCUT2D eigenvalue weighted by atomic mass is 11.0. The topological polar surface area (TPSA) is 12.4 Å². The van der Waals surface area contributed by atoms with E-state index in [1.54, 1.807) is 0 Å². The minimum Gasteiger partial charge on any atom is -0.258 e. The van der Waals surface area contributed by atoms with Crippen molar-refractivity contribution in [3.05, 3.63) is 0 Å². The van der Waals surface area contributed by atoms with E-state index >= 15 is 0 Å². The van der Waals surface area contributed by atoms with Crippen LogP contribution in [0.1, 0.15) is 6.92 Å². The highest BCUT2D eigenvalue weighted by atomic mass is 127. The van der Waals surface area contributed by atoms with Gasteiger partial charge in [-0.25, -0.2) is 0 Å². The average molecular weight is 217 g/mol. The van der Waals surface area contributed by atoms with Crippen molar-refractivity contribution in [3.63, 3.8) is 0 Å². The molecule has 3 heteroatoms. The zero-order valence-electron chi connectivity index (χ0n) is 3.94. The molecule has 0 aliphatic rings. The molecule has 0 aromatic carbocycles. The van der Waals surface area contributed by atoms with E-state index in [4.69, 9.17) is 0 Å². The SMILES string of the molecule is CCS(I)=NC. The van der Waals surface area contributed by atoms with Crippen LogP contribution in [0.3, 0.4) is 0 Å². The van der Waals surface area contributed by atoms with E-state index in [0.717, 1.165) is 0 Å². The van der Waals surface area contributed by atoms with Gasteiger partial charge in [0.2, 0.25) is 0 Å². The summed E-state index contributed by atoms with van der Waals surface area (Å²) >= 11 is 2.33. The van der Waals surface area contributed by atoms with Gasteiger partial charge in [-0.05, 0) is 7.86 Å². The predicted octanol–water partition coefficient (Wildman–Crippen LogP) is 1.79. The van der Waals surface area contributed by atoms with Crippen molar-refractivity contribution >= 4 is 29.1 Å². The quantitative estimate of drug-likeness (QED) is 0.593. The number of nitrogens with zero attached hydrogens (tertiary/aromatic N) is 1. The number of hydrogen-bond acceptors (Lipinski definition) is 1. The van der Waals surface area contributed by atoms with Crippen LogP contribution < -0.4 is 0 Å². The van der Waals surface area contributed by atoms with Gasteiger partial charge in [-0.15, -0.1) is 0 Å². The zero-order chi connectivity index (χ0) is 4.99. The number of rotatable bonds is 1. The molecule has 0 amide bonds. The lowest BCUT2D eigenvalue weighted by Crippen LogP contribution is -1.75. The van der Waals surface area contributed by atoms with Crippen LogP contribution in [0.15, 0.2) is 4.36 Å². The molecule has 0 aromatic rings. The summed E-state index contributed by atoms with van der Waals surface area (Å²) in [7, 11) is 2.17. The molecule has 0 fully saturated rings. The van der Waals surface area contributed by atoms with Crippen molar-refractivity contribution < 1.29 is 0 Å². The maximum atomic E-state index is 4.02. The first-order valence-corrected chi connectivity index (χ1v) is 5.67. The molecule has 0 radical (unpaired) electrons. The fraction of sp³-hybridized carbons (Fsp3) is 1.00. The third kappa shape index (κ3) is 3.08. The Morgan fingerprint density at radius 2 is 2.33 bits per heavy atom. The molecule has 6 heavy (non-hydrogen) atoms. The molecular weight excluding hydrogens is 209 g/mol. The lowest BCUT2D eigenvalue weighted by molar-refractivity contribution is 1.47. The van der Waals surface area contributed by atoms with E-state index in [2.05, 4.69) is 32.5 Å². The Hall–Kier alpha value is 0.880. The first kappa shape index (κ1) is 6.88. The lowest BCUT2D eigenvalue weighted by Gasteiger charge is -1.84. The Morgan fingerprint density at radius 3 is 2.33 bits per heavy atom. The van der Waals surface area contributed by atoms with E-state index in [-0.39, 0.29) is 0 Å². The second kappa shape index (κ2) is 4.05. The smallest absolute Gasteiger partial charge is 0.0355 e. The molecule has 0 saturated carbocycles. The molecule has 0 spiro atoms. The molecule has 0 N–H and O–H groups in total. The summed E-state index contributed by atoms with van der Waals surface area (Å²) in [4.78, 5) is 0. The molecule has 0 bridgehead atoms. The summed E-state index contributed by atoms with van der Waals surface area (Å²) in [5.74, 6) is 1.18. The largest absolute Gasteiger partial charge is 0.258 e. The highest BCUT2D eigenvalue weighted by Crippen LogP contribution is 1.95. The Kier molecular flexibility index (Phi) is 4.64. The number of halogens is 1. The molecule has 0 heterocycles. The Bertz CT molecular complexity index is 61.8. The summed E-state index contributed by atoms with van der Waals surface area (Å²) in [6.45, 7) is 2.14. The summed E-state index contributed by atoms with van der Waals surface area (Å²) < 4.78 is 4.02. The zero-order valence-corrected chi connectivity index (χ0v) is 6.91. The Labute approximate surface area is 53.2 Å². The second-order valence-electron chi connectivity index (χ2n) is 0.778. The van der Waals surface area contributed by atoms with Crippen molar-refractivity contribution in [2.45, 2.75) is 6.92 Å². The van der Waals surface area contributed by atoms with Gasteiger partial charge in [0.1, 0.15) is 0 Å². The third-order valence-electron chi connectivity index (χ3n) is 0.436. The standard InChI is InChI=1S/C3H8INS/c1-3-6(4)5-2/h3H2,1-2H3. The van der Waals surface area contributed by atoms with Gasteiger partial charge < -0.3 is 0 Å². The van der Waals surface area contributed by atoms with Crippen LogP contribution in [-0.4, -0.2) is 12.8 Å². The van der Waals surface area contributed by atoms with Crippen molar-refractivity contribution in [2.75, 3.05) is 12.8 Å². The summed E-state index contributed by atoms with van der Waals surface area (Å²) in [5.41, 5.74) is 0. The molecule has 0 saturated heterocycles. The van der Waals surface area contributed by atoms with Crippen molar-refractivity contribution in [1.29, 1.82) is 0 Å². The van der Waals surface area contributed by atoms with Crippen molar-refractivity contribution in [2.24, 2.45) is 4.36 Å². The molecule has 0 aliphatic heterocycles. The highest BCUT2D eigenvalue weighted by Gasteiger charge is 1.74. The number of hydrogen-bond donors (Lipinski definition) is 0. The van der Waals surface area contributed by atoms with Crippen LogP contribution in [0, 0.1) is 0 Å². The first-order chi connectivity index (χ1) is 2.81. The van der Waals surface area contributed by atoms with Crippen LogP contribution >= 0.6 is 21.2 Å². The van der Waals surface area contributed by atoms with Crippen molar-refractivity contribution in [1.82, 2.24) is 0 Å². The maximum Gasteiger partial charge on any atom is 0.0355 e. The van der Waals surface area contributed by atoms with Gasteiger partial charge in [-0.1, -0.05) is 6.92 Å². The van der Waals surface area contributed by atoms with E-state index in [0.29, 0.717) is 7.86 Å². The van der Waals surface area contributed by atoms with Crippen LogP contribution in [0.25, 0.3) is 0 Å². The second-order valence-corrected chi connectivity index (χ2v) is 5.39. The van der Waals surface area contributed by atoms with Crippen LogP contribution in [0.2, 0.25) is 0 Å². The fourth-order valence-electron chi connectivity index (χ4n) is 0.129. The molecule has 38 valence electrons.